The smallest absolute Gasteiger partial charge is 0.223 e. The summed E-state index contributed by atoms with van der Waals surface area (Å²) in [6, 6.07) is 3.99. The van der Waals surface area contributed by atoms with E-state index in [2.05, 4.69) is 31.4 Å². The normalized spacial score (nSPS) is 13.9. The summed E-state index contributed by atoms with van der Waals surface area (Å²) in [4.78, 5) is 13.0. The molecule has 7 heteroatoms. The van der Waals surface area contributed by atoms with Gasteiger partial charge in [0.1, 0.15) is 12.0 Å². The number of fused-ring (bicyclic) bond motifs is 2. The van der Waals surface area contributed by atoms with Gasteiger partial charge in [0, 0.05) is 24.4 Å². The highest BCUT2D eigenvalue weighted by Gasteiger charge is 2.20. The van der Waals surface area contributed by atoms with E-state index in [1.165, 1.54) is 20.2 Å². The quantitative estimate of drug-likeness (QED) is 0.799. The fourth-order valence-corrected chi connectivity index (χ4v) is 2.74. The minimum atomic E-state index is -1.31. The van der Waals surface area contributed by atoms with Crippen molar-refractivity contribution in [3.8, 4) is 0 Å². The van der Waals surface area contributed by atoms with Crippen LogP contribution >= 0.6 is 0 Å². The molecule has 3 heterocycles. The van der Waals surface area contributed by atoms with E-state index in [-0.39, 0.29) is 6.54 Å². The Morgan fingerprint density at radius 3 is 3.04 bits per heavy atom. The number of allylic oxidation sites excluding steroid dienone is 1. The lowest BCUT2D eigenvalue weighted by atomic mass is 10.0. The van der Waals surface area contributed by atoms with Gasteiger partial charge in [-0.1, -0.05) is 6.08 Å². The first-order valence-corrected chi connectivity index (χ1v) is 7.79. The first-order valence-electron chi connectivity index (χ1n) is 7.79. The average Bonchev–Trinajstić information content (AvgIpc) is 3.17. The van der Waals surface area contributed by atoms with Crippen LogP contribution in [-0.2, 0) is 6.42 Å². The minimum absolute atomic E-state index is 0.176. The van der Waals surface area contributed by atoms with Gasteiger partial charge in [-0.3, -0.25) is 0 Å². The summed E-state index contributed by atoms with van der Waals surface area (Å²) in [6.07, 6.45) is 8.08. The Bertz CT molecular complexity index is 938. The number of hydrogen-bond donors (Lipinski definition) is 1. The van der Waals surface area contributed by atoms with Crippen LogP contribution in [0.3, 0.4) is 0 Å². The van der Waals surface area contributed by atoms with Crippen molar-refractivity contribution < 1.29 is 4.39 Å². The molecule has 6 nitrogen and oxygen atoms in total. The highest BCUT2D eigenvalue weighted by atomic mass is 19.1. The Labute approximate surface area is 138 Å². The molecule has 0 bridgehead atoms. The van der Waals surface area contributed by atoms with Gasteiger partial charge in [0.05, 0.1) is 12.2 Å². The van der Waals surface area contributed by atoms with E-state index in [0.717, 1.165) is 34.5 Å². The fourth-order valence-electron chi connectivity index (χ4n) is 2.74. The lowest BCUT2D eigenvalue weighted by Gasteiger charge is -2.15. The number of nitrogens with one attached hydrogen (secondary N) is 1. The largest absolute Gasteiger partial charge is 0.351 e. The molecular weight excluding hydrogens is 307 g/mol. The van der Waals surface area contributed by atoms with E-state index in [0.29, 0.717) is 5.95 Å². The van der Waals surface area contributed by atoms with E-state index >= 15 is 0 Å². The van der Waals surface area contributed by atoms with Crippen LogP contribution in [0, 0.1) is 0 Å². The minimum Gasteiger partial charge on any atom is -0.351 e. The Morgan fingerprint density at radius 2 is 2.21 bits per heavy atom. The monoisotopic (exact) mass is 324 g/mol. The van der Waals surface area contributed by atoms with Crippen LogP contribution in [0.1, 0.15) is 30.7 Å². The van der Waals surface area contributed by atoms with Crippen LogP contribution in [-0.4, -0.2) is 36.8 Å². The van der Waals surface area contributed by atoms with E-state index in [9.17, 15) is 4.39 Å². The zero-order valence-electron chi connectivity index (χ0n) is 13.5. The third-order valence-electron chi connectivity index (χ3n) is 3.92. The first-order chi connectivity index (χ1) is 11.5. The average molecular weight is 324 g/mol. The van der Waals surface area contributed by atoms with Gasteiger partial charge in [-0.05, 0) is 37.1 Å². The van der Waals surface area contributed by atoms with Gasteiger partial charge in [-0.15, -0.1) is 0 Å². The highest BCUT2D eigenvalue weighted by molar-refractivity contribution is 5.84. The van der Waals surface area contributed by atoms with Gasteiger partial charge in [0.15, 0.2) is 5.65 Å². The number of alkyl halides is 1. The van der Waals surface area contributed by atoms with Gasteiger partial charge in [0.25, 0.3) is 0 Å². The molecule has 1 aliphatic carbocycles. The highest BCUT2D eigenvalue weighted by Crippen LogP contribution is 2.32. The van der Waals surface area contributed by atoms with Gasteiger partial charge >= 0.3 is 0 Å². The fraction of sp³-hybridized carbons (Fsp3) is 0.294. The standard InChI is InChI=1S/C17H17FN6/c1-17(2,18)9-20-16-19-8-13-12(3-4-14(13)23-16)11-5-6-24-15(7-11)21-10-22-24/h3,5-8,10H,4,9H2,1-2H3,(H,19,20,23). The summed E-state index contributed by atoms with van der Waals surface area (Å²) in [5, 5.41) is 7.05. The van der Waals surface area contributed by atoms with Crippen LogP contribution in [0.4, 0.5) is 10.3 Å². The predicted molar refractivity (Wildman–Crippen MR) is 89.5 cm³/mol. The second kappa shape index (κ2) is 5.36. The molecule has 0 saturated heterocycles. The molecule has 0 aliphatic heterocycles. The zero-order chi connectivity index (χ0) is 16.7. The summed E-state index contributed by atoms with van der Waals surface area (Å²) >= 11 is 0. The van der Waals surface area contributed by atoms with Crippen LogP contribution in [0.2, 0.25) is 0 Å². The van der Waals surface area contributed by atoms with E-state index in [1.807, 2.05) is 18.3 Å². The third kappa shape index (κ3) is 2.73. The number of rotatable bonds is 4. The lowest BCUT2D eigenvalue weighted by Crippen LogP contribution is -2.25. The molecule has 0 unspecified atom stereocenters. The number of aromatic nitrogens is 5. The number of halogens is 1. The SMILES string of the molecule is CC(C)(F)CNc1ncc2c(n1)CC=C2c1ccn2ncnc2c1. The molecule has 1 aliphatic rings. The van der Waals surface area contributed by atoms with Crippen molar-refractivity contribution in [2.45, 2.75) is 25.9 Å². The summed E-state index contributed by atoms with van der Waals surface area (Å²) in [6.45, 7) is 3.22. The number of pyridine rings is 1. The maximum atomic E-state index is 13.6. The molecule has 3 aromatic rings. The second-order valence-electron chi connectivity index (χ2n) is 6.43. The Kier molecular flexibility index (Phi) is 3.30. The van der Waals surface area contributed by atoms with Crippen molar-refractivity contribution in [3.05, 3.63) is 53.8 Å². The topological polar surface area (TPSA) is 68.0 Å². The van der Waals surface area contributed by atoms with Crippen molar-refractivity contribution in [1.82, 2.24) is 24.6 Å². The molecule has 0 spiro atoms. The molecule has 122 valence electrons. The summed E-state index contributed by atoms with van der Waals surface area (Å²) in [5.41, 5.74) is 3.59. The summed E-state index contributed by atoms with van der Waals surface area (Å²) < 4.78 is 15.3. The molecule has 0 aromatic carbocycles. The Balaban J connectivity index is 1.61. The molecule has 0 atom stereocenters. The molecule has 0 amide bonds. The van der Waals surface area contributed by atoms with Crippen LogP contribution < -0.4 is 5.32 Å². The first kappa shape index (κ1) is 14.7. The van der Waals surface area contributed by atoms with Crippen molar-refractivity contribution in [2.75, 3.05) is 11.9 Å². The van der Waals surface area contributed by atoms with Crippen molar-refractivity contribution >= 4 is 17.2 Å². The molecule has 3 aromatic heterocycles. The van der Waals surface area contributed by atoms with Crippen molar-refractivity contribution in [2.24, 2.45) is 0 Å². The van der Waals surface area contributed by atoms with Crippen LogP contribution in [0.5, 0.6) is 0 Å². The van der Waals surface area contributed by atoms with Gasteiger partial charge in [-0.2, -0.15) is 5.10 Å². The maximum Gasteiger partial charge on any atom is 0.223 e. The lowest BCUT2D eigenvalue weighted by molar-refractivity contribution is 0.234. The third-order valence-corrected chi connectivity index (χ3v) is 3.92. The Hall–Kier alpha value is -2.83. The van der Waals surface area contributed by atoms with Gasteiger partial charge < -0.3 is 5.32 Å². The zero-order valence-corrected chi connectivity index (χ0v) is 13.5. The molecule has 4 rings (SSSR count). The number of hydrogen-bond acceptors (Lipinski definition) is 5. The van der Waals surface area contributed by atoms with E-state index in [4.69, 9.17) is 0 Å². The van der Waals surface area contributed by atoms with E-state index < -0.39 is 5.67 Å². The molecular formula is C17H17FN6. The Morgan fingerprint density at radius 1 is 1.33 bits per heavy atom. The van der Waals surface area contributed by atoms with Gasteiger partial charge in [-0.25, -0.2) is 23.9 Å². The van der Waals surface area contributed by atoms with Crippen LogP contribution in [0.15, 0.2) is 36.9 Å². The van der Waals surface area contributed by atoms with Crippen molar-refractivity contribution in [3.63, 3.8) is 0 Å². The van der Waals surface area contributed by atoms with Gasteiger partial charge in [0.2, 0.25) is 5.95 Å². The number of anilines is 1. The molecule has 0 saturated carbocycles. The molecule has 0 radical (unpaired) electrons. The molecule has 24 heavy (non-hydrogen) atoms. The molecule has 0 fully saturated rings. The van der Waals surface area contributed by atoms with E-state index in [1.54, 1.807) is 10.7 Å². The molecule has 1 N–H and O–H groups in total. The summed E-state index contributed by atoms with van der Waals surface area (Å²) in [5.74, 6) is 0.460. The summed E-state index contributed by atoms with van der Waals surface area (Å²) in [7, 11) is 0. The van der Waals surface area contributed by atoms with Crippen LogP contribution in [0.25, 0.3) is 11.2 Å². The number of nitrogens with zero attached hydrogens (tertiary/aromatic N) is 5. The second-order valence-corrected chi connectivity index (χ2v) is 6.43. The predicted octanol–water partition coefficient (Wildman–Crippen LogP) is 2.67. The maximum absolute atomic E-state index is 13.6. The van der Waals surface area contributed by atoms with Crippen molar-refractivity contribution in [1.29, 1.82) is 0 Å².